The van der Waals surface area contributed by atoms with Crippen LogP contribution in [0.1, 0.15) is 41.5 Å². The van der Waals surface area contributed by atoms with Crippen LogP contribution in [0.15, 0.2) is 0 Å². The van der Waals surface area contributed by atoms with Gasteiger partial charge in [0.15, 0.2) is 0 Å². The SMILES string of the molecule is CC(CO)NCC(C)(C)NC(=O)OC(C)(C)C. The van der Waals surface area contributed by atoms with E-state index in [1.54, 1.807) is 0 Å². The number of nitrogens with one attached hydrogen (secondary N) is 2. The Balaban J connectivity index is 4.11. The predicted molar refractivity (Wildman–Crippen MR) is 68.0 cm³/mol. The molecule has 0 saturated carbocycles. The van der Waals surface area contributed by atoms with Gasteiger partial charge < -0.3 is 20.5 Å². The molecule has 1 amide bonds. The van der Waals surface area contributed by atoms with E-state index in [1.807, 2.05) is 41.5 Å². The van der Waals surface area contributed by atoms with Gasteiger partial charge in [0, 0.05) is 12.6 Å². The van der Waals surface area contributed by atoms with Crippen LogP contribution in [0.25, 0.3) is 0 Å². The number of hydrogen-bond donors (Lipinski definition) is 3. The van der Waals surface area contributed by atoms with Crippen LogP contribution in [0.5, 0.6) is 0 Å². The topological polar surface area (TPSA) is 70.6 Å². The van der Waals surface area contributed by atoms with Gasteiger partial charge in [-0.05, 0) is 41.5 Å². The first kappa shape index (κ1) is 16.2. The maximum absolute atomic E-state index is 11.6. The van der Waals surface area contributed by atoms with E-state index in [9.17, 15) is 4.79 Å². The second-order valence-electron chi connectivity index (χ2n) is 5.98. The van der Waals surface area contributed by atoms with Crippen LogP contribution in [-0.2, 0) is 4.74 Å². The fourth-order valence-electron chi connectivity index (χ4n) is 1.12. The minimum absolute atomic E-state index is 0.00899. The van der Waals surface area contributed by atoms with Gasteiger partial charge in [-0.15, -0.1) is 0 Å². The third kappa shape index (κ3) is 8.94. The summed E-state index contributed by atoms with van der Waals surface area (Å²) in [6.45, 7) is 11.8. The lowest BCUT2D eigenvalue weighted by Gasteiger charge is -2.29. The minimum Gasteiger partial charge on any atom is -0.444 e. The molecule has 0 aliphatic rings. The number of aliphatic hydroxyl groups excluding tert-OH is 1. The van der Waals surface area contributed by atoms with Crippen molar-refractivity contribution in [1.29, 1.82) is 0 Å². The lowest BCUT2D eigenvalue weighted by molar-refractivity contribution is 0.0470. The van der Waals surface area contributed by atoms with Gasteiger partial charge in [0.1, 0.15) is 5.60 Å². The second kappa shape index (κ2) is 6.21. The largest absolute Gasteiger partial charge is 0.444 e. The normalized spacial score (nSPS) is 14.3. The predicted octanol–water partition coefficient (Wildman–Crippen LogP) is 1.26. The highest BCUT2D eigenvalue weighted by Gasteiger charge is 2.24. The second-order valence-corrected chi connectivity index (χ2v) is 5.98. The van der Waals surface area contributed by atoms with Crippen LogP contribution in [0.4, 0.5) is 4.79 Å². The van der Waals surface area contributed by atoms with E-state index in [2.05, 4.69) is 10.6 Å². The van der Waals surface area contributed by atoms with E-state index in [-0.39, 0.29) is 12.6 Å². The highest BCUT2D eigenvalue weighted by molar-refractivity contribution is 5.68. The molecule has 1 atom stereocenters. The molecule has 0 aliphatic carbocycles. The van der Waals surface area contributed by atoms with Crippen molar-refractivity contribution >= 4 is 6.09 Å². The van der Waals surface area contributed by atoms with Gasteiger partial charge in [0.25, 0.3) is 0 Å². The summed E-state index contributed by atoms with van der Waals surface area (Å²) in [5.41, 5.74) is -0.919. The van der Waals surface area contributed by atoms with Gasteiger partial charge in [-0.3, -0.25) is 0 Å². The summed E-state index contributed by atoms with van der Waals surface area (Å²) in [7, 11) is 0. The fraction of sp³-hybridized carbons (Fsp3) is 0.917. The van der Waals surface area contributed by atoms with Crippen LogP contribution in [0, 0.1) is 0 Å². The average molecular weight is 246 g/mol. The van der Waals surface area contributed by atoms with Crippen molar-refractivity contribution in [1.82, 2.24) is 10.6 Å². The zero-order valence-corrected chi connectivity index (χ0v) is 11.8. The summed E-state index contributed by atoms with van der Waals surface area (Å²) in [6, 6.07) is 0.00899. The Morgan fingerprint density at radius 3 is 2.24 bits per heavy atom. The molecule has 17 heavy (non-hydrogen) atoms. The molecule has 0 saturated heterocycles. The molecule has 5 nitrogen and oxygen atoms in total. The Hall–Kier alpha value is -0.810. The molecule has 1 unspecified atom stereocenters. The lowest BCUT2D eigenvalue weighted by Crippen LogP contribution is -2.53. The van der Waals surface area contributed by atoms with E-state index in [0.717, 1.165) is 0 Å². The standard InChI is InChI=1S/C12H26N2O3/c1-9(7-15)13-8-12(5,6)14-10(16)17-11(2,3)4/h9,13,15H,7-8H2,1-6H3,(H,14,16). The zero-order chi connectivity index (χ0) is 13.7. The van der Waals surface area contributed by atoms with Gasteiger partial charge in [-0.2, -0.15) is 0 Å². The molecule has 0 radical (unpaired) electrons. The fourth-order valence-corrected chi connectivity index (χ4v) is 1.12. The number of ether oxygens (including phenoxy) is 1. The molecule has 5 heteroatoms. The Labute approximate surface area is 104 Å². The summed E-state index contributed by atoms with van der Waals surface area (Å²) in [5.74, 6) is 0. The maximum atomic E-state index is 11.6. The van der Waals surface area contributed by atoms with Crippen molar-refractivity contribution in [3.63, 3.8) is 0 Å². The van der Waals surface area contributed by atoms with E-state index < -0.39 is 17.2 Å². The monoisotopic (exact) mass is 246 g/mol. The molecule has 102 valence electrons. The van der Waals surface area contributed by atoms with E-state index >= 15 is 0 Å². The summed E-state index contributed by atoms with van der Waals surface area (Å²) >= 11 is 0. The number of carbonyl (C=O) groups excluding carboxylic acids is 1. The van der Waals surface area contributed by atoms with Crippen molar-refractivity contribution in [2.45, 2.75) is 58.7 Å². The molecule has 0 bridgehead atoms. The summed E-state index contributed by atoms with van der Waals surface area (Å²) in [6.07, 6.45) is -0.430. The van der Waals surface area contributed by atoms with E-state index in [1.165, 1.54) is 0 Å². The minimum atomic E-state index is -0.494. The third-order valence-corrected chi connectivity index (χ3v) is 2.01. The van der Waals surface area contributed by atoms with E-state index in [4.69, 9.17) is 9.84 Å². The van der Waals surface area contributed by atoms with Crippen LogP contribution in [0.2, 0.25) is 0 Å². The van der Waals surface area contributed by atoms with Crippen LogP contribution >= 0.6 is 0 Å². The number of amides is 1. The van der Waals surface area contributed by atoms with Gasteiger partial charge in [-0.25, -0.2) is 4.79 Å². The molecule has 0 aromatic heterocycles. The number of alkyl carbamates (subject to hydrolysis) is 1. The number of carbonyl (C=O) groups is 1. The molecule has 3 N–H and O–H groups in total. The molecular weight excluding hydrogens is 220 g/mol. The van der Waals surface area contributed by atoms with Crippen molar-refractivity contribution in [2.24, 2.45) is 0 Å². The van der Waals surface area contributed by atoms with Crippen LogP contribution < -0.4 is 10.6 Å². The Bertz CT molecular complexity index is 247. The van der Waals surface area contributed by atoms with Crippen molar-refractivity contribution < 1.29 is 14.6 Å². The van der Waals surface area contributed by atoms with Crippen LogP contribution in [0.3, 0.4) is 0 Å². The first-order chi connectivity index (χ1) is 7.56. The molecule has 0 rings (SSSR count). The molecule has 0 aliphatic heterocycles. The number of hydrogen-bond acceptors (Lipinski definition) is 4. The Morgan fingerprint density at radius 1 is 1.29 bits per heavy atom. The van der Waals surface area contributed by atoms with Gasteiger partial charge in [-0.1, -0.05) is 0 Å². The van der Waals surface area contributed by atoms with Gasteiger partial charge in [0.2, 0.25) is 0 Å². The molecule has 0 aromatic carbocycles. The highest BCUT2D eigenvalue weighted by atomic mass is 16.6. The van der Waals surface area contributed by atoms with Crippen LogP contribution in [-0.4, -0.2) is 41.5 Å². The van der Waals surface area contributed by atoms with Gasteiger partial charge in [0.05, 0.1) is 12.1 Å². The maximum Gasteiger partial charge on any atom is 0.408 e. The molecule has 0 aromatic rings. The summed E-state index contributed by atoms with van der Waals surface area (Å²) < 4.78 is 5.18. The molecular formula is C12H26N2O3. The summed E-state index contributed by atoms with van der Waals surface area (Å²) in [4.78, 5) is 11.6. The average Bonchev–Trinajstić information content (AvgIpc) is 2.10. The first-order valence-electron chi connectivity index (χ1n) is 5.91. The number of aliphatic hydroxyl groups is 1. The molecule has 0 spiro atoms. The highest BCUT2D eigenvalue weighted by Crippen LogP contribution is 2.09. The zero-order valence-electron chi connectivity index (χ0n) is 11.8. The Morgan fingerprint density at radius 2 is 1.82 bits per heavy atom. The van der Waals surface area contributed by atoms with Crippen molar-refractivity contribution in [3.05, 3.63) is 0 Å². The quantitative estimate of drug-likeness (QED) is 0.683. The van der Waals surface area contributed by atoms with Gasteiger partial charge >= 0.3 is 6.09 Å². The Kier molecular flexibility index (Phi) is 5.92. The lowest BCUT2D eigenvalue weighted by atomic mass is 10.1. The molecule has 0 fully saturated rings. The third-order valence-electron chi connectivity index (χ3n) is 2.01. The van der Waals surface area contributed by atoms with Crippen molar-refractivity contribution in [3.8, 4) is 0 Å². The van der Waals surface area contributed by atoms with E-state index in [0.29, 0.717) is 6.54 Å². The summed E-state index contributed by atoms with van der Waals surface area (Å²) in [5, 5.41) is 14.8. The smallest absolute Gasteiger partial charge is 0.408 e. The molecule has 0 heterocycles. The first-order valence-corrected chi connectivity index (χ1v) is 5.91. The number of rotatable bonds is 5. The van der Waals surface area contributed by atoms with Crippen molar-refractivity contribution in [2.75, 3.05) is 13.2 Å².